The second-order valence-electron chi connectivity index (χ2n) is 5.26. The van der Waals surface area contributed by atoms with Gasteiger partial charge in [0.2, 0.25) is 0 Å². The molecule has 0 fully saturated rings. The highest BCUT2D eigenvalue weighted by Gasteiger charge is 2.13. The maximum atomic E-state index is 12.4. The highest BCUT2D eigenvalue weighted by molar-refractivity contribution is 6.31. The first kappa shape index (κ1) is 17.0. The fourth-order valence-electron chi connectivity index (χ4n) is 2.46. The monoisotopic (exact) mass is 356 g/mol. The highest BCUT2D eigenvalue weighted by Crippen LogP contribution is 2.22. The third kappa shape index (κ3) is 3.97. The molecule has 0 saturated carbocycles. The summed E-state index contributed by atoms with van der Waals surface area (Å²) < 4.78 is 7.15. The van der Waals surface area contributed by atoms with Crippen LogP contribution < -0.4 is 10.1 Å². The summed E-state index contributed by atoms with van der Waals surface area (Å²) in [4.78, 5) is 21.0. The molecule has 0 aliphatic rings. The summed E-state index contributed by atoms with van der Waals surface area (Å²) in [6.07, 6.45) is 5.30. The summed E-state index contributed by atoms with van der Waals surface area (Å²) in [5.74, 6) is 1.01. The minimum absolute atomic E-state index is 0.237. The molecule has 0 atom stereocenters. The van der Waals surface area contributed by atoms with Crippen molar-refractivity contribution in [3.05, 3.63) is 65.6 Å². The minimum Gasteiger partial charge on any atom is -0.496 e. The number of nitrogens with one attached hydrogen (secondary N) is 1. The Morgan fingerprint density at radius 1 is 1.24 bits per heavy atom. The van der Waals surface area contributed by atoms with Gasteiger partial charge in [0.05, 0.1) is 12.7 Å². The van der Waals surface area contributed by atoms with E-state index in [0.29, 0.717) is 29.4 Å². The number of amides is 1. The average molecular weight is 357 g/mol. The molecule has 3 aromatic rings. The predicted molar refractivity (Wildman–Crippen MR) is 95.8 cm³/mol. The Kier molecular flexibility index (Phi) is 5.30. The molecule has 0 aliphatic heterocycles. The van der Waals surface area contributed by atoms with Gasteiger partial charge in [-0.15, -0.1) is 0 Å². The molecule has 3 rings (SSSR count). The zero-order valence-corrected chi connectivity index (χ0v) is 14.4. The summed E-state index contributed by atoms with van der Waals surface area (Å²) in [5.41, 5.74) is 1.20. The second kappa shape index (κ2) is 7.81. The summed E-state index contributed by atoms with van der Waals surface area (Å²) in [6.45, 7) is 1.01. The van der Waals surface area contributed by atoms with E-state index in [0.717, 1.165) is 11.5 Å². The molecule has 0 radical (unpaired) electrons. The number of aromatic nitrogens is 3. The normalized spacial score (nSPS) is 10.5. The van der Waals surface area contributed by atoms with Crippen molar-refractivity contribution < 1.29 is 9.53 Å². The van der Waals surface area contributed by atoms with Crippen LogP contribution in [0.4, 0.5) is 0 Å². The van der Waals surface area contributed by atoms with E-state index in [9.17, 15) is 4.79 Å². The van der Waals surface area contributed by atoms with E-state index in [4.69, 9.17) is 16.3 Å². The number of carbonyl (C=O) groups excluding carboxylic acids is 1. The third-order valence-corrected chi connectivity index (χ3v) is 3.89. The Bertz CT molecular complexity index is 865. The number of imidazole rings is 1. The topological polar surface area (TPSA) is 69.0 Å². The van der Waals surface area contributed by atoms with Crippen LogP contribution in [0.3, 0.4) is 0 Å². The lowest BCUT2D eigenvalue weighted by Crippen LogP contribution is -2.27. The van der Waals surface area contributed by atoms with Crippen molar-refractivity contribution in [2.75, 3.05) is 13.7 Å². The number of methoxy groups -OCH3 is 1. The Hall–Kier alpha value is -2.86. The molecule has 2 heterocycles. The van der Waals surface area contributed by atoms with Gasteiger partial charge in [-0.2, -0.15) is 0 Å². The molecule has 1 amide bonds. The molecule has 1 N–H and O–H groups in total. The van der Waals surface area contributed by atoms with E-state index in [1.165, 1.54) is 7.11 Å². The Labute approximate surface area is 150 Å². The SMILES string of the molecule is COc1ccc(Cl)cc1C(=O)NCCn1ccnc1-c1ccccn1. The number of rotatable bonds is 6. The molecule has 2 aromatic heterocycles. The zero-order chi connectivity index (χ0) is 17.6. The van der Waals surface area contributed by atoms with Crippen LogP contribution in [0.5, 0.6) is 5.75 Å². The lowest BCUT2D eigenvalue weighted by Gasteiger charge is -2.11. The van der Waals surface area contributed by atoms with Gasteiger partial charge in [-0.1, -0.05) is 17.7 Å². The minimum atomic E-state index is -0.237. The van der Waals surface area contributed by atoms with Gasteiger partial charge in [0.25, 0.3) is 5.91 Å². The molecule has 0 aliphatic carbocycles. The van der Waals surface area contributed by atoms with Gasteiger partial charge in [0.1, 0.15) is 11.4 Å². The highest BCUT2D eigenvalue weighted by atomic mass is 35.5. The molecular formula is C18H17ClN4O2. The number of benzene rings is 1. The van der Waals surface area contributed by atoms with Crippen LogP contribution in [0, 0.1) is 0 Å². The van der Waals surface area contributed by atoms with Gasteiger partial charge < -0.3 is 14.6 Å². The van der Waals surface area contributed by atoms with E-state index >= 15 is 0 Å². The molecular weight excluding hydrogens is 340 g/mol. The molecule has 0 unspecified atom stereocenters. The number of nitrogens with zero attached hydrogens (tertiary/aromatic N) is 3. The van der Waals surface area contributed by atoms with Crippen molar-refractivity contribution in [1.82, 2.24) is 19.9 Å². The van der Waals surface area contributed by atoms with E-state index in [1.54, 1.807) is 30.6 Å². The average Bonchev–Trinajstić information content (AvgIpc) is 3.11. The summed E-state index contributed by atoms with van der Waals surface area (Å²) in [7, 11) is 1.52. The lowest BCUT2D eigenvalue weighted by atomic mass is 10.2. The number of halogens is 1. The first-order valence-corrected chi connectivity index (χ1v) is 8.11. The van der Waals surface area contributed by atoms with Gasteiger partial charge >= 0.3 is 0 Å². The van der Waals surface area contributed by atoms with Crippen molar-refractivity contribution in [2.45, 2.75) is 6.54 Å². The van der Waals surface area contributed by atoms with E-state index in [2.05, 4.69) is 15.3 Å². The first-order valence-electron chi connectivity index (χ1n) is 7.73. The molecule has 128 valence electrons. The maximum absolute atomic E-state index is 12.4. The number of hydrogen-bond donors (Lipinski definition) is 1. The maximum Gasteiger partial charge on any atom is 0.255 e. The van der Waals surface area contributed by atoms with Gasteiger partial charge in [-0.05, 0) is 30.3 Å². The lowest BCUT2D eigenvalue weighted by molar-refractivity contribution is 0.0949. The predicted octanol–water partition coefficient (Wildman–Crippen LogP) is 3.04. The van der Waals surface area contributed by atoms with Crippen LogP contribution in [0.15, 0.2) is 55.0 Å². The van der Waals surface area contributed by atoms with Crippen LogP contribution in [0.2, 0.25) is 5.02 Å². The van der Waals surface area contributed by atoms with Crippen LogP contribution >= 0.6 is 11.6 Å². The fourth-order valence-corrected chi connectivity index (χ4v) is 2.63. The van der Waals surface area contributed by atoms with Crippen LogP contribution in [-0.2, 0) is 6.54 Å². The number of hydrogen-bond acceptors (Lipinski definition) is 4. The summed E-state index contributed by atoms with van der Waals surface area (Å²) >= 11 is 5.97. The van der Waals surface area contributed by atoms with E-state index in [-0.39, 0.29) is 5.91 Å². The van der Waals surface area contributed by atoms with Crippen molar-refractivity contribution in [2.24, 2.45) is 0 Å². The Balaban J connectivity index is 1.66. The second-order valence-corrected chi connectivity index (χ2v) is 5.70. The van der Waals surface area contributed by atoms with Crippen molar-refractivity contribution in [3.63, 3.8) is 0 Å². The smallest absolute Gasteiger partial charge is 0.255 e. The third-order valence-electron chi connectivity index (χ3n) is 3.65. The molecule has 7 heteroatoms. The largest absolute Gasteiger partial charge is 0.496 e. The first-order chi connectivity index (χ1) is 12.2. The molecule has 0 spiro atoms. The van der Waals surface area contributed by atoms with Gasteiger partial charge in [-0.25, -0.2) is 4.98 Å². The van der Waals surface area contributed by atoms with Gasteiger partial charge in [0.15, 0.2) is 5.82 Å². The van der Waals surface area contributed by atoms with E-state index < -0.39 is 0 Å². The molecule has 0 saturated heterocycles. The number of ether oxygens (including phenoxy) is 1. The van der Waals surface area contributed by atoms with Crippen LogP contribution in [-0.4, -0.2) is 34.1 Å². The van der Waals surface area contributed by atoms with Crippen molar-refractivity contribution >= 4 is 17.5 Å². The summed E-state index contributed by atoms with van der Waals surface area (Å²) in [5, 5.41) is 3.36. The molecule has 0 bridgehead atoms. The van der Waals surface area contributed by atoms with Crippen molar-refractivity contribution in [1.29, 1.82) is 0 Å². The fraction of sp³-hybridized carbons (Fsp3) is 0.167. The Morgan fingerprint density at radius 2 is 2.12 bits per heavy atom. The molecule has 1 aromatic carbocycles. The molecule has 6 nitrogen and oxygen atoms in total. The standard InChI is InChI=1S/C18H17ClN4O2/c1-25-16-6-5-13(19)12-14(16)18(24)22-9-11-23-10-8-21-17(23)15-4-2-3-7-20-15/h2-8,10,12H,9,11H2,1H3,(H,22,24). The number of carbonyl (C=O) groups is 1. The number of pyridine rings is 1. The summed E-state index contributed by atoms with van der Waals surface area (Å²) in [6, 6.07) is 10.6. The van der Waals surface area contributed by atoms with Crippen molar-refractivity contribution in [3.8, 4) is 17.3 Å². The zero-order valence-electron chi connectivity index (χ0n) is 13.6. The molecule has 25 heavy (non-hydrogen) atoms. The van der Waals surface area contributed by atoms with Gasteiger partial charge in [0, 0.05) is 36.7 Å². The Morgan fingerprint density at radius 3 is 2.88 bits per heavy atom. The van der Waals surface area contributed by atoms with Crippen LogP contribution in [0.1, 0.15) is 10.4 Å². The van der Waals surface area contributed by atoms with Gasteiger partial charge in [-0.3, -0.25) is 9.78 Å². The quantitative estimate of drug-likeness (QED) is 0.737. The van der Waals surface area contributed by atoms with Crippen LogP contribution in [0.25, 0.3) is 11.5 Å². The van der Waals surface area contributed by atoms with E-state index in [1.807, 2.05) is 29.0 Å².